The molecule has 3 aliphatic heterocycles. The van der Waals surface area contributed by atoms with Gasteiger partial charge in [-0.25, -0.2) is 0 Å². The van der Waals surface area contributed by atoms with E-state index in [2.05, 4.69) is 32.7 Å². The molecule has 0 saturated carbocycles. The van der Waals surface area contributed by atoms with Crippen LogP contribution >= 0.6 is 24.0 Å². The molecule has 7 nitrogen and oxygen atoms in total. The number of nitrogens with zero attached hydrogens (tertiary/aromatic N) is 2. The number of halogens is 1. The molecule has 3 atom stereocenters. The van der Waals surface area contributed by atoms with Gasteiger partial charge in [-0.2, -0.15) is 0 Å². The molecule has 162 valence electrons. The van der Waals surface area contributed by atoms with Crippen LogP contribution in [0.4, 0.5) is 0 Å². The highest BCUT2D eigenvalue weighted by Gasteiger charge is 2.31. The van der Waals surface area contributed by atoms with Crippen molar-refractivity contribution in [3.63, 3.8) is 0 Å². The Hall–Kier alpha value is -1.10. The van der Waals surface area contributed by atoms with Gasteiger partial charge in [0, 0.05) is 51.7 Å². The summed E-state index contributed by atoms with van der Waals surface area (Å²) in [5, 5.41) is 6.97. The standard InChI is InChI=1S/C21H32N4O3.HI/c1-22-21(23-13-18-12-16-4-2-3-5-20(16)28-18)24-14-19(17-6-9-27-15-17)25-7-10-26-11-8-25;/h2-5,17-19H,6-15H2,1H3,(H2,22,23,24);1H. The van der Waals surface area contributed by atoms with Crippen LogP contribution in [0.1, 0.15) is 12.0 Å². The fraction of sp³-hybridized carbons (Fsp3) is 0.667. The van der Waals surface area contributed by atoms with Crippen LogP contribution in [0.2, 0.25) is 0 Å². The van der Waals surface area contributed by atoms with Crippen molar-refractivity contribution in [2.45, 2.75) is 25.0 Å². The van der Waals surface area contributed by atoms with Crippen molar-refractivity contribution in [2.24, 2.45) is 10.9 Å². The summed E-state index contributed by atoms with van der Waals surface area (Å²) < 4.78 is 17.2. The predicted molar refractivity (Wildman–Crippen MR) is 124 cm³/mol. The average Bonchev–Trinajstić information content (AvgIpc) is 3.41. The summed E-state index contributed by atoms with van der Waals surface area (Å²) in [4.78, 5) is 6.95. The Morgan fingerprint density at radius 3 is 2.72 bits per heavy atom. The first kappa shape index (κ1) is 22.6. The maximum Gasteiger partial charge on any atom is 0.191 e. The predicted octanol–water partition coefficient (Wildman–Crippen LogP) is 1.51. The molecular weight excluding hydrogens is 483 g/mol. The summed E-state index contributed by atoms with van der Waals surface area (Å²) in [5.41, 5.74) is 1.28. The van der Waals surface area contributed by atoms with Gasteiger partial charge in [0.1, 0.15) is 11.9 Å². The van der Waals surface area contributed by atoms with Crippen LogP contribution in [-0.4, -0.2) is 82.7 Å². The molecular formula is C21H33IN4O3. The van der Waals surface area contributed by atoms with Crippen LogP contribution in [0.3, 0.4) is 0 Å². The molecule has 4 rings (SSSR count). The highest BCUT2D eigenvalue weighted by atomic mass is 127. The molecule has 29 heavy (non-hydrogen) atoms. The summed E-state index contributed by atoms with van der Waals surface area (Å²) in [6, 6.07) is 8.71. The lowest BCUT2D eigenvalue weighted by Gasteiger charge is -2.37. The van der Waals surface area contributed by atoms with Crippen LogP contribution in [0.15, 0.2) is 29.3 Å². The number of nitrogens with one attached hydrogen (secondary N) is 2. The van der Waals surface area contributed by atoms with Crippen LogP contribution < -0.4 is 15.4 Å². The van der Waals surface area contributed by atoms with Crippen LogP contribution in [-0.2, 0) is 15.9 Å². The minimum Gasteiger partial charge on any atom is -0.488 e. The Morgan fingerprint density at radius 1 is 1.17 bits per heavy atom. The zero-order valence-corrected chi connectivity index (χ0v) is 19.5. The number of rotatable bonds is 6. The lowest BCUT2D eigenvalue weighted by Crippen LogP contribution is -2.54. The van der Waals surface area contributed by atoms with E-state index in [4.69, 9.17) is 14.2 Å². The zero-order chi connectivity index (χ0) is 19.2. The topological polar surface area (TPSA) is 67.4 Å². The van der Waals surface area contributed by atoms with Crippen molar-refractivity contribution in [2.75, 3.05) is 59.7 Å². The van der Waals surface area contributed by atoms with Gasteiger partial charge in [0.2, 0.25) is 0 Å². The quantitative estimate of drug-likeness (QED) is 0.340. The largest absolute Gasteiger partial charge is 0.488 e. The molecule has 2 saturated heterocycles. The number of aliphatic imine (C=N–C) groups is 1. The SMILES string of the molecule is CN=C(NCC1Cc2ccccc2O1)NCC(C1CCOC1)N1CCOCC1.I. The number of fused-ring (bicyclic) bond motifs is 1. The lowest BCUT2D eigenvalue weighted by atomic mass is 9.97. The van der Waals surface area contributed by atoms with E-state index < -0.39 is 0 Å². The molecule has 0 radical (unpaired) electrons. The molecule has 0 bridgehead atoms. The molecule has 1 aromatic rings. The number of guanidine groups is 1. The van der Waals surface area contributed by atoms with Crippen molar-refractivity contribution in [3.8, 4) is 5.75 Å². The number of morpholine rings is 1. The van der Waals surface area contributed by atoms with Crippen molar-refractivity contribution >= 4 is 29.9 Å². The molecule has 0 aliphatic carbocycles. The first-order chi connectivity index (χ1) is 13.8. The van der Waals surface area contributed by atoms with E-state index in [1.807, 2.05) is 19.2 Å². The fourth-order valence-electron chi connectivity index (χ4n) is 4.36. The molecule has 0 spiro atoms. The van der Waals surface area contributed by atoms with E-state index >= 15 is 0 Å². The number of ether oxygens (including phenoxy) is 3. The van der Waals surface area contributed by atoms with Gasteiger partial charge in [-0.3, -0.25) is 9.89 Å². The fourth-order valence-corrected chi connectivity index (χ4v) is 4.36. The van der Waals surface area contributed by atoms with E-state index in [0.717, 1.165) is 77.2 Å². The summed E-state index contributed by atoms with van der Waals surface area (Å²) in [6.45, 7) is 6.93. The van der Waals surface area contributed by atoms with Gasteiger partial charge in [-0.15, -0.1) is 24.0 Å². The molecule has 3 aliphatic rings. The Labute approximate surface area is 190 Å². The minimum absolute atomic E-state index is 0. The third kappa shape index (κ3) is 5.96. The second kappa shape index (κ2) is 11.3. The average molecular weight is 516 g/mol. The van der Waals surface area contributed by atoms with Gasteiger partial charge in [0.25, 0.3) is 0 Å². The second-order valence-electron chi connectivity index (χ2n) is 7.73. The first-order valence-corrected chi connectivity index (χ1v) is 10.4. The third-order valence-electron chi connectivity index (χ3n) is 5.94. The Balaban J connectivity index is 0.00000240. The van der Waals surface area contributed by atoms with Crippen molar-refractivity contribution in [3.05, 3.63) is 29.8 Å². The van der Waals surface area contributed by atoms with Gasteiger partial charge in [-0.05, 0) is 18.1 Å². The molecule has 0 amide bonds. The number of benzene rings is 1. The first-order valence-electron chi connectivity index (χ1n) is 10.4. The smallest absolute Gasteiger partial charge is 0.191 e. The summed E-state index contributed by atoms with van der Waals surface area (Å²) in [5.74, 6) is 2.40. The summed E-state index contributed by atoms with van der Waals surface area (Å²) in [6.07, 6.45) is 2.22. The van der Waals surface area contributed by atoms with Gasteiger partial charge in [0.15, 0.2) is 5.96 Å². The molecule has 2 N–H and O–H groups in total. The van der Waals surface area contributed by atoms with Gasteiger partial charge in [0.05, 0.1) is 26.4 Å². The second-order valence-corrected chi connectivity index (χ2v) is 7.73. The molecule has 0 aromatic heterocycles. The van der Waals surface area contributed by atoms with Crippen LogP contribution in [0, 0.1) is 5.92 Å². The van der Waals surface area contributed by atoms with Crippen molar-refractivity contribution in [1.82, 2.24) is 15.5 Å². The normalized spacial score (nSPS) is 25.6. The summed E-state index contributed by atoms with van der Waals surface area (Å²) in [7, 11) is 1.82. The van der Waals surface area contributed by atoms with Gasteiger partial charge < -0.3 is 24.8 Å². The molecule has 3 heterocycles. The monoisotopic (exact) mass is 516 g/mol. The molecule has 3 unspecified atom stereocenters. The maximum atomic E-state index is 6.02. The summed E-state index contributed by atoms with van der Waals surface area (Å²) >= 11 is 0. The molecule has 2 fully saturated rings. The third-order valence-corrected chi connectivity index (χ3v) is 5.94. The Kier molecular flexibility index (Phi) is 8.83. The van der Waals surface area contributed by atoms with E-state index in [0.29, 0.717) is 12.0 Å². The van der Waals surface area contributed by atoms with E-state index in [9.17, 15) is 0 Å². The minimum atomic E-state index is 0. The van der Waals surface area contributed by atoms with E-state index in [1.165, 1.54) is 5.56 Å². The van der Waals surface area contributed by atoms with E-state index in [-0.39, 0.29) is 30.1 Å². The highest BCUT2D eigenvalue weighted by Crippen LogP contribution is 2.27. The van der Waals surface area contributed by atoms with Crippen LogP contribution in [0.5, 0.6) is 5.75 Å². The Bertz CT molecular complexity index is 638. The zero-order valence-electron chi connectivity index (χ0n) is 17.1. The number of hydrogen-bond acceptors (Lipinski definition) is 5. The Morgan fingerprint density at radius 2 is 2.00 bits per heavy atom. The van der Waals surface area contributed by atoms with Crippen molar-refractivity contribution < 1.29 is 14.2 Å². The van der Waals surface area contributed by atoms with Gasteiger partial charge >= 0.3 is 0 Å². The molecule has 1 aromatic carbocycles. The van der Waals surface area contributed by atoms with Gasteiger partial charge in [-0.1, -0.05) is 18.2 Å². The highest BCUT2D eigenvalue weighted by molar-refractivity contribution is 14.0. The van der Waals surface area contributed by atoms with Crippen LogP contribution in [0.25, 0.3) is 0 Å². The van der Waals surface area contributed by atoms with Crippen molar-refractivity contribution in [1.29, 1.82) is 0 Å². The maximum absolute atomic E-state index is 6.02. The lowest BCUT2D eigenvalue weighted by molar-refractivity contribution is 0.00246. The number of para-hydroxylation sites is 1. The van der Waals surface area contributed by atoms with E-state index in [1.54, 1.807) is 0 Å². The molecule has 8 heteroatoms. The number of hydrogen-bond donors (Lipinski definition) is 2.